The van der Waals surface area contributed by atoms with E-state index in [1.54, 1.807) is 0 Å². The lowest BCUT2D eigenvalue weighted by Crippen LogP contribution is -2.40. The summed E-state index contributed by atoms with van der Waals surface area (Å²) in [6.07, 6.45) is -1.93. The molecule has 2 atom stereocenters. The van der Waals surface area contributed by atoms with Gasteiger partial charge in [-0.3, -0.25) is 39.4 Å². The lowest BCUT2D eigenvalue weighted by Gasteiger charge is -2.21. The third kappa shape index (κ3) is 6.64. The van der Waals surface area contributed by atoms with Gasteiger partial charge < -0.3 is 14.8 Å². The Labute approximate surface area is 163 Å². The predicted molar refractivity (Wildman–Crippen MR) is 94.7 cm³/mol. The first-order chi connectivity index (χ1) is 13.5. The summed E-state index contributed by atoms with van der Waals surface area (Å²) < 4.78 is 9.40. The van der Waals surface area contributed by atoms with Gasteiger partial charge in [-0.05, 0) is 13.8 Å². The van der Waals surface area contributed by atoms with Crippen molar-refractivity contribution in [1.29, 1.82) is 0 Å². The van der Waals surface area contributed by atoms with Gasteiger partial charge in [0.25, 0.3) is 11.4 Å². The first-order valence-corrected chi connectivity index (χ1v) is 7.97. The fourth-order valence-electron chi connectivity index (χ4n) is 2.26. The number of anilines is 1. The summed E-state index contributed by atoms with van der Waals surface area (Å²) in [5.41, 5.74) is -1.65. The summed E-state index contributed by atoms with van der Waals surface area (Å²) in [6, 6.07) is 2.40. The molecule has 13 nitrogen and oxygen atoms in total. The van der Waals surface area contributed by atoms with Crippen LogP contribution in [0.1, 0.15) is 20.3 Å². The van der Waals surface area contributed by atoms with Crippen molar-refractivity contribution in [2.45, 2.75) is 26.4 Å². The van der Waals surface area contributed by atoms with Crippen LogP contribution < -0.4 is 5.32 Å². The summed E-state index contributed by atoms with van der Waals surface area (Å²) >= 11 is 0. The molecule has 0 aliphatic rings. The van der Waals surface area contributed by atoms with E-state index in [1.165, 1.54) is 6.92 Å². The van der Waals surface area contributed by atoms with Crippen molar-refractivity contribution < 1.29 is 38.5 Å². The van der Waals surface area contributed by atoms with E-state index < -0.39 is 63.3 Å². The Kier molecular flexibility index (Phi) is 7.87. The van der Waals surface area contributed by atoms with Crippen LogP contribution in [0.5, 0.6) is 0 Å². The number of rotatable bonds is 9. The highest BCUT2D eigenvalue weighted by atomic mass is 16.6. The quantitative estimate of drug-likeness (QED) is 0.267. The molecule has 0 bridgehead atoms. The number of carbonyl (C=O) groups is 4. The van der Waals surface area contributed by atoms with Crippen LogP contribution in [0, 0.1) is 26.1 Å². The van der Waals surface area contributed by atoms with E-state index in [0.717, 1.165) is 26.2 Å². The van der Waals surface area contributed by atoms with Crippen LogP contribution in [-0.2, 0) is 28.7 Å². The van der Waals surface area contributed by atoms with E-state index in [-0.39, 0.29) is 5.69 Å². The third-order valence-electron chi connectivity index (χ3n) is 3.51. The molecule has 0 radical (unpaired) electrons. The van der Waals surface area contributed by atoms with E-state index in [1.807, 2.05) is 0 Å². The van der Waals surface area contributed by atoms with Crippen molar-refractivity contribution in [3.63, 3.8) is 0 Å². The maximum Gasteiger partial charge on any atom is 0.322 e. The molecule has 0 aliphatic heterocycles. The van der Waals surface area contributed by atoms with Gasteiger partial charge in [-0.2, -0.15) is 0 Å². The highest BCUT2D eigenvalue weighted by molar-refractivity contribution is 6.05. The number of esters is 2. The smallest absolute Gasteiger partial charge is 0.322 e. The summed E-state index contributed by atoms with van der Waals surface area (Å²) in [7, 11) is 0.977. The van der Waals surface area contributed by atoms with Crippen LogP contribution in [0.15, 0.2) is 18.2 Å². The Morgan fingerprint density at radius 3 is 2.00 bits per heavy atom. The van der Waals surface area contributed by atoms with Gasteiger partial charge in [0.2, 0.25) is 5.91 Å². The largest absolute Gasteiger partial charge is 0.468 e. The van der Waals surface area contributed by atoms with Crippen molar-refractivity contribution in [3.8, 4) is 0 Å². The van der Waals surface area contributed by atoms with Gasteiger partial charge in [-0.25, -0.2) is 0 Å². The average Bonchev–Trinajstić information content (AvgIpc) is 2.60. The number of ether oxygens (including phenoxy) is 2. The zero-order valence-corrected chi connectivity index (χ0v) is 15.6. The summed E-state index contributed by atoms with van der Waals surface area (Å²) in [5, 5.41) is 24.0. The van der Waals surface area contributed by atoms with E-state index in [9.17, 15) is 39.4 Å². The maximum absolute atomic E-state index is 12.5. The predicted octanol–water partition coefficient (Wildman–Crippen LogP) is 1.14. The number of nitro benzene ring substituents is 2. The number of nitro groups is 2. The number of hydrogen-bond acceptors (Lipinski definition) is 10. The molecule has 1 aromatic carbocycles. The molecule has 0 aliphatic carbocycles. The number of hydrogen-bond donors (Lipinski definition) is 1. The summed E-state index contributed by atoms with van der Waals surface area (Å²) in [5.74, 6) is -5.35. The van der Waals surface area contributed by atoms with E-state index in [4.69, 9.17) is 4.74 Å². The molecule has 0 spiro atoms. The number of methoxy groups -OCH3 is 1. The highest BCUT2D eigenvalue weighted by Crippen LogP contribution is 2.26. The Balaban J connectivity index is 3.14. The molecule has 0 aromatic heterocycles. The Morgan fingerprint density at radius 1 is 1.07 bits per heavy atom. The number of nitrogens with one attached hydrogen (secondary N) is 1. The Bertz CT molecular complexity index is 834. The van der Waals surface area contributed by atoms with Crippen molar-refractivity contribution in [3.05, 3.63) is 38.4 Å². The van der Waals surface area contributed by atoms with Crippen LogP contribution in [0.25, 0.3) is 0 Å². The number of Topliss-reactive ketones (excluding diaryl/α,β-unsaturated/α-hetero) is 1. The molecule has 156 valence electrons. The molecule has 0 heterocycles. The molecule has 0 saturated heterocycles. The van der Waals surface area contributed by atoms with Gasteiger partial charge in [-0.1, -0.05) is 0 Å². The van der Waals surface area contributed by atoms with Gasteiger partial charge >= 0.3 is 11.9 Å². The number of non-ortho nitro benzene ring substituents is 2. The van der Waals surface area contributed by atoms with E-state index in [0.29, 0.717) is 6.07 Å². The van der Waals surface area contributed by atoms with Crippen molar-refractivity contribution in [2.24, 2.45) is 5.92 Å². The van der Waals surface area contributed by atoms with Crippen molar-refractivity contribution in [2.75, 3.05) is 12.4 Å². The Hall–Kier alpha value is -3.90. The SMILES string of the molecule is COC(=O)[C@H](C(=O)Nc1cc([N+](=O)[O-])cc([N+](=O)[O-])c1)[C@@H](C)OC(=O)CC(C)=O. The average molecular weight is 411 g/mol. The molecular weight excluding hydrogens is 394 g/mol. The van der Waals surface area contributed by atoms with E-state index in [2.05, 4.69) is 10.1 Å². The molecule has 1 amide bonds. The van der Waals surface area contributed by atoms with Crippen LogP contribution in [0.3, 0.4) is 0 Å². The normalized spacial score (nSPS) is 12.2. The zero-order chi connectivity index (χ0) is 22.3. The van der Waals surface area contributed by atoms with Gasteiger partial charge in [-0.15, -0.1) is 0 Å². The monoisotopic (exact) mass is 411 g/mol. The third-order valence-corrected chi connectivity index (χ3v) is 3.51. The van der Waals surface area contributed by atoms with Gasteiger partial charge in [0.1, 0.15) is 18.3 Å². The Morgan fingerprint density at radius 2 is 1.59 bits per heavy atom. The maximum atomic E-state index is 12.5. The number of nitrogens with zero attached hydrogens (tertiary/aromatic N) is 2. The number of carbonyl (C=O) groups excluding carboxylic acids is 4. The van der Waals surface area contributed by atoms with Gasteiger partial charge in [0.15, 0.2) is 5.92 Å². The van der Waals surface area contributed by atoms with Crippen molar-refractivity contribution >= 4 is 40.7 Å². The van der Waals surface area contributed by atoms with Crippen LogP contribution in [-0.4, -0.2) is 46.7 Å². The second-order valence-electron chi connectivity index (χ2n) is 5.82. The van der Waals surface area contributed by atoms with Gasteiger partial charge in [0, 0.05) is 12.1 Å². The van der Waals surface area contributed by atoms with E-state index >= 15 is 0 Å². The topological polar surface area (TPSA) is 185 Å². The highest BCUT2D eigenvalue weighted by Gasteiger charge is 2.36. The second-order valence-corrected chi connectivity index (χ2v) is 5.82. The molecule has 13 heteroatoms. The van der Waals surface area contributed by atoms with Crippen LogP contribution >= 0.6 is 0 Å². The minimum atomic E-state index is -1.70. The minimum absolute atomic E-state index is 0.327. The summed E-state index contributed by atoms with van der Waals surface area (Å²) in [6.45, 7) is 2.35. The number of ketones is 1. The van der Waals surface area contributed by atoms with Crippen molar-refractivity contribution in [1.82, 2.24) is 0 Å². The molecule has 0 fully saturated rings. The molecule has 1 aromatic rings. The van der Waals surface area contributed by atoms with Gasteiger partial charge in [0.05, 0.1) is 28.7 Å². The molecule has 1 N–H and O–H groups in total. The molecular formula is C16H17N3O10. The fraction of sp³-hybridized carbons (Fsp3) is 0.375. The lowest BCUT2D eigenvalue weighted by molar-refractivity contribution is -0.394. The standard InChI is InChI=1S/C16H17N3O10/c1-8(20)4-13(21)29-9(2)14(16(23)28-3)15(22)17-10-5-11(18(24)25)7-12(6-10)19(26)27/h5-7,9,14H,4H2,1-3H3,(H,17,22)/t9-,14+/m1/s1. The van der Waals surface area contributed by atoms with Crippen LogP contribution in [0.4, 0.5) is 17.1 Å². The molecule has 0 saturated carbocycles. The van der Waals surface area contributed by atoms with Crippen LogP contribution in [0.2, 0.25) is 0 Å². The number of benzene rings is 1. The minimum Gasteiger partial charge on any atom is -0.468 e. The lowest BCUT2D eigenvalue weighted by atomic mass is 10.0. The second kappa shape index (κ2) is 9.87. The first kappa shape index (κ1) is 23.1. The zero-order valence-electron chi connectivity index (χ0n) is 15.6. The molecule has 1 rings (SSSR count). The number of amides is 1. The summed E-state index contributed by atoms with van der Waals surface area (Å²) in [4.78, 5) is 67.1. The first-order valence-electron chi connectivity index (χ1n) is 7.97. The molecule has 29 heavy (non-hydrogen) atoms. The fourth-order valence-corrected chi connectivity index (χ4v) is 2.26. The molecule has 0 unspecified atom stereocenters.